The summed E-state index contributed by atoms with van der Waals surface area (Å²) in [6.07, 6.45) is -1.85. The molecule has 2 unspecified atom stereocenters. The highest BCUT2D eigenvalue weighted by Crippen LogP contribution is 2.42. The second-order valence-corrected chi connectivity index (χ2v) is 7.80. The van der Waals surface area contributed by atoms with Crippen LogP contribution in [0, 0.1) is 5.92 Å². The lowest BCUT2D eigenvalue weighted by Crippen LogP contribution is -2.33. The molecule has 0 aromatic carbocycles. The van der Waals surface area contributed by atoms with Gasteiger partial charge in [0.2, 0.25) is 14.2 Å². The molecule has 0 aliphatic rings. The number of rotatable bonds is 10. The molecule has 0 bridgehead atoms. The fourth-order valence-electron chi connectivity index (χ4n) is 1.38. The van der Waals surface area contributed by atoms with Crippen LogP contribution in [0.1, 0.15) is 40.0 Å². The summed E-state index contributed by atoms with van der Waals surface area (Å²) < 4.78 is 34.2. The molecule has 7 nitrogen and oxygen atoms in total. The number of carbonyl (C=O) groups is 2. The molecule has 1 amide bonds. The predicted octanol–water partition coefficient (Wildman–Crippen LogP) is 2.63. The Balaban J connectivity index is 3.91. The van der Waals surface area contributed by atoms with E-state index in [9.17, 15) is 23.4 Å². The van der Waals surface area contributed by atoms with Crippen LogP contribution in [0.5, 0.6) is 0 Å². The van der Waals surface area contributed by atoms with Crippen LogP contribution in [-0.2, 0) is 18.8 Å². The molecule has 9 heteroatoms. The van der Waals surface area contributed by atoms with Crippen molar-refractivity contribution in [3.63, 3.8) is 0 Å². The van der Waals surface area contributed by atoms with E-state index in [2.05, 4.69) is 9.47 Å². The van der Waals surface area contributed by atoms with Crippen molar-refractivity contribution in [2.75, 3.05) is 19.1 Å². The zero-order chi connectivity index (χ0) is 17.2. The molecule has 130 valence electrons. The first-order valence-electron chi connectivity index (χ1n) is 7.22. The van der Waals surface area contributed by atoms with Gasteiger partial charge in [0.1, 0.15) is 0 Å². The topological polar surface area (TPSA) is 102 Å². The number of alkyl carbamates (subject to hydrolysis) is 1. The number of esters is 1. The third-order valence-corrected chi connectivity index (χ3v) is 4.70. The first kappa shape index (κ1) is 20.9. The second kappa shape index (κ2) is 10.6. The van der Waals surface area contributed by atoms with Gasteiger partial charge in [0.05, 0.1) is 5.92 Å². The minimum atomic E-state index is -3.35. The van der Waals surface area contributed by atoms with Crippen molar-refractivity contribution >= 4 is 19.4 Å². The molecule has 0 spiro atoms. The van der Waals surface area contributed by atoms with Crippen molar-refractivity contribution in [1.82, 2.24) is 5.32 Å². The number of unbranched alkanes of at least 4 members (excludes halogenated alkanes) is 1. The number of nitrogens with one attached hydrogen (secondary N) is 1. The maximum atomic E-state index is 13.5. The molecular formula is C13H25FNO6P. The Labute approximate surface area is 130 Å². The highest BCUT2D eigenvalue weighted by Gasteiger charge is 2.21. The number of carbonyl (C=O) groups excluding carboxylic acids is 2. The summed E-state index contributed by atoms with van der Waals surface area (Å²) >= 11 is 0. The van der Waals surface area contributed by atoms with E-state index in [1.165, 1.54) is 0 Å². The molecule has 0 heterocycles. The van der Waals surface area contributed by atoms with E-state index < -0.39 is 32.5 Å². The van der Waals surface area contributed by atoms with Crippen molar-refractivity contribution < 1.29 is 32.9 Å². The standard InChI is InChI=1S/C13H25FNO6P/c1-4-5-7-22(18,19)8-6-11(14)15-13(17)21-9-20-12(16)10(2)3/h10-11H,4-9H2,1-3H3,(H,15,17)(H,18,19). The number of ether oxygens (including phenoxy) is 2. The maximum Gasteiger partial charge on any atom is 0.412 e. The fourth-order valence-corrected chi connectivity index (χ4v) is 3.05. The van der Waals surface area contributed by atoms with Gasteiger partial charge in [-0.2, -0.15) is 0 Å². The molecule has 0 aliphatic heterocycles. The smallest absolute Gasteiger partial charge is 0.412 e. The minimum absolute atomic E-state index is 0.145. The van der Waals surface area contributed by atoms with Gasteiger partial charge >= 0.3 is 12.1 Å². The molecule has 2 atom stereocenters. The van der Waals surface area contributed by atoms with Gasteiger partial charge in [-0.05, 0) is 6.42 Å². The second-order valence-electron chi connectivity index (χ2n) is 5.22. The van der Waals surface area contributed by atoms with Crippen LogP contribution in [-0.4, -0.2) is 42.4 Å². The van der Waals surface area contributed by atoms with Crippen LogP contribution < -0.4 is 5.32 Å². The molecule has 0 aromatic heterocycles. The van der Waals surface area contributed by atoms with E-state index >= 15 is 0 Å². The van der Waals surface area contributed by atoms with Crippen LogP contribution in [0.4, 0.5) is 9.18 Å². The Kier molecular flexibility index (Phi) is 10.0. The third kappa shape index (κ3) is 10.6. The highest BCUT2D eigenvalue weighted by molar-refractivity contribution is 7.57. The molecule has 2 N–H and O–H groups in total. The number of alkyl halides is 1. The Bertz CT molecular complexity index is 404. The highest BCUT2D eigenvalue weighted by atomic mass is 31.2. The van der Waals surface area contributed by atoms with Crippen LogP contribution in [0.3, 0.4) is 0 Å². The first-order chi connectivity index (χ1) is 10.2. The summed E-state index contributed by atoms with van der Waals surface area (Å²) in [5.74, 6) is -0.899. The molecule has 0 saturated heterocycles. The van der Waals surface area contributed by atoms with E-state index in [1.807, 2.05) is 12.2 Å². The van der Waals surface area contributed by atoms with Gasteiger partial charge in [-0.1, -0.05) is 27.2 Å². The van der Waals surface area contributed by atoms with Gasteiger partial charge in [0.25, 0.3) is 0 Å². The quantitative estimate of drug-likeness (QED) is 0.274. The molecule has 0 fully saturated rings. The van der Waals surface area contributed by atoms with Gasteiger partial charge in [-0.3, -0.25) is 14.7 Å². The molecule has 0 rings (SSSR count). The van der Waals surface area contributed by atoms with Crippen LogP contribution in [0.15, 0.2) is 0 Å². The van der Waals surface area contributed by atoms with E-state index in [4.69, 9.17) is 0 Å². The summed E-state index contributed by atoms with van der Waals surface area (Å²) in [5.41, 5.74) is 0. The Morgan fingerprint density at radius 1 is 1.27 bits per heavy atom. The average Bonchev–Trinajstić information content (AvgIpc) is 2.43. The van der Waals surface area contributed by atoms with Crippen LogP contribution >= 0.6 is 7.37 Å². The van der Waals surface area contributed by atoms with Gasteiger partial charge in [0.15, 0.2) is 6.30 Å². The van der Waals surface area contributed by atoms with E-state index in [1.54, 1.807) is 13.8 Å². The first-order valence-corrected chi connectivity index (χ1v) is 9.25. The number of hydrogen-bond donors (Lipinski definition) is 2. The Morgan fingerprint density at radius 3 is 2.45 bits per heavy atom. The third-order valence-electron chi connectivity index (χ3n) is 2.73. The Morgan fingerprint density at radius 2 is 1.91 bits per heavy atom. The minimum Gasteiger partial charge on any atom is -0.428 e. The Hall–Kier alpha value is -1.14. The number of halogens is 1. The predicted molar refractivity (Wildman–Crippen MR) is 79.4 cm³/mol. The summed E-state index contributed by atoms with van der Waals surface area (Å²) in [7, 11) is -3.35. The van der Waals surface area contributed by atoms with Gasteiger partial charge < -0.3 is 14.4 Å². The van der Waals surface area contributed by atoms with Crippen molar-refractivity contribution in [1.29, 1.82) is 0 Å². The van der Waals surface area contributed by atoms with Crippen molar-refractivity contribution in [2.45, 2.75) is 46.3 Å². The van der Waals surface area contributed by atoms with Crippen molar-refractivity contribution in [3.05, 3.63) is 0 Å². The normalized spacial score (nSPS) is 15.0. The zero-order valence-electron chi connectivity index (χ0n) is 13.2. The van der Waals surface area contributed by atoms with Crippen molar-refractivity contribution in [2.24, 2.45) is 5.92 Å². The van der Waals surface area contributed by atoms with Crippen LogP contribution in [0.2, 0.25) is 0 Å². The lowest BCUT2D eigenvalue weighted by molar-refractivity contribution is -0.155. The largest absolute Gasteiger partial charge is 0.428 e. The molecule has 0 aromatic rings. The number of hydrogen-bond acceptors (Lipinski definition) is 5. The van der Waals surface area contributed by atoms with Gasteiger partial charge in [0, 0.05) is 18.7 Å². The van der Waals surface area contributed by atoms with Crippen LogP contribution in [0.25, 0.3) is 0 Å². The molecular weight excluding hydrogens is 316 g/mol. The molecule has 0 radical (unpaired) electrons. The maximum absolute atomic E-state index is 13.5. The zero-order valence-corrected chi connectivity index (χ0v) is 14.1. The SMILES string of the molecule is CCCCP(=O)(O)CCC(F)NC(=O)OCOC(=O)C(C)C. The van der Waals surface area contributed by atoms with E-state index in [-0.39, 0.29) is 24.7 Å². The van der Waals surface area contributed by atoms with Crippen molar-refractivity contribution in [3.8, 4) is 0 Å². The number of amides is 1. The molecule has 0 saturated carbocycles. The van der Waals surface area contributed by atoms with E-state index in [0.29, 0.717) is 6.42 Å². The summed E-state index contributed by atoms with van der Waals surface area (Å²) in [5, 5.41) is 1.86. The summed E-state index contributed by atoms with van der Waals surface area (Å²) in [6, 6.07) is 0. The average molecular weight is 341 g/mol. The monoisotopic (exact) mass is 341 g/mol. The van der Waals surface area contributed by atoms with Gasteiger partial charge in [-0.25, -0.2) is 9.18 Å². The summed E-state index contributed by atoms with van der Waals surface area (Å²) in [4.78, 5) is 31.9. The lowest BCUT2D eigenvalue weighted by atomic mass is 10.2. The lowest BCUT2D eigenvalue weighted by Gasteiger charge is -2.14. The molecule has 22 heavy (non-hydrogen) atoms. The fraction of sp³-hybridized carbons (Fsp3) is 0.846. The van der Waals surface area contributed by atoms with E-state index in [0.717, 1.165) is 6.42 Å². The molecule has 0 aliphatic carbocycles. The summed E-state index contributed by atoms with van der Waals surface area (Å²) in [6.45, 7) is 4.52. The van der Waals surface area contributed by atoms with Gasteiger partial charge in [-0.15, -0.1) is 0 Å².